The SMILES string of the molecule is Nc1cccc(OCC(=O)N2CCN3CCCCC3C2)c1. The molecule has 1 unspecified atom stereocenters. The van der Waals surface area contributed by atoms with Gasteiger partial charge in [-0.2, -0.15) is 0 Å². The molecule has 0 aromatic heterocycles. The monoisotopic (exact) mass is 289 g/mol. The normalized spacial score (nSPS) is 22.7. The van der Waals surface area contributed by atoms with Gasteiger partial charge in [-0.1, -0.05) is 12.5 Å². The summed E-state index contributed by atoms with van der Waals surface area (Å²) in [5, 5.41) is 0. The first-order chi connectivity index (χ1) is 10.2. The Labute approximate surface area is 125 Å². The molecule has 3 rings (SSSR count). The molecule has 2 aliphatic heterocycles. The molecule has 5 heteroatoms. The van der Waals surface area contributed by atoms with Crippen LogP contribution in [0.3, 0.4) is 0 Å². The minimum absolute atomic E-state index is 0.0719. The number of nitrogens with two attached hydrogens (primary N) is 1. The summed E-state index contributed by atoms with van der Waals surface area (Å²) in [6.07, 6.45) is 3.78. The largest absolute Gasteiger partial charge is 0.484 e. The van der Waals surface area contributed by atoms with E-state index in [1.54, 1.807) is 12.1 Å². The molecule has 2 heterocycles. The average molecular weight is 289 g/mol. The summed E-state index contributed by atoms with van der Waals surface area (Å²) in [6.45, 7) is 3.94. The van der Waals surface area contributed by atoms with Crippen molar-refractivity contribution < 1.29 is 9.53 Å². The second kappa shape index (κ2) is 6.35. The maximum Gasteiger partial charge on any atom is 0.260 e. The number of rotatable bonds is 3. The predicted octanol–water partition coefficient (Wildman–Crippen LogP) is 1.34. The van der Waals surface area contributed by atoms with Crippen LogP contribution in [0.4, 0.5) is 5.69 Å². The number of benzene rings is 1. The molecule has 0 saturated carbocycles. The molecule has 2 saturated heterocycles. The van der Waals surface area contributed by atoms with E-state index >= 15 is 0 Å². The highest BCUT2D eigenvalue weighted by Crippen LogP contribution is 2.21. The highest BCUT2D eigenvalue weighted by atomic mass is 16.5. The standard InChI is InChI=1S/C16H23N3O2/c17-13-4-3-6-15(10-13)21-12-16(20)19-9-8-18-7-2-1-5-14(18)11-19/h3-4,6,10,14H,1-2,5,7-9,11-12,17H2. The van der Waals surface area contributed by atoms with Crippen LogP contribution in [0, 0.1) is 0 Å². The first-order valence-electron chi connectivity index (χ1n) is 7.72. The summed E-state index contributed by atoms with van der Waals surface area (Å²) in [5.74, 6) is 0.724. The summed E-state index contributed by atoms with van der Waals surface area (Å²) in [7, 11) is 0. The zero-order valence-electron chi connectivity index (χ0n) is 12.3. The smallest absolute Gasteiger partial charge is 0.260 e. The number of anilines is 1. The first kappa shape index (κ1) is 14.2. The summed E-state index contributed by atoms with van der Waals surface area (Å²) in [5.41, 5.74) is 6.35. The molecular formula is C16H23N3O2. The van der Waals surface area contributed by atoms with Gasteiger partial charge < -0.3 is 15.4 Å². The van der Waals surface area contributed by atoms with Gasteiger partial charge >= 0.3 is 0 Å². The Hall–Kier alpha value is -1.75. The van der Waals surface area contributed by atoms with Crippen LogP contribution in [-0.2, 0) is 4.79 Å². The molecule has 5 nitrogen and oxygen atoms in total. The number of amides is 1. The van der Waals surface area contributed by atoms with Crippen molar-refractivity contribution in [1.29, 1.82) is 0 Å². The van der Waals surface area contributed by atoms with Crippen molar-refractivity contribution in [2.24, 2.45) is 0 Å². The fraction of sp³-hybridized carbons (Fsp3) is 0.562. The van der Waals surface area contributed by atoms with Crippen LogP contribution in [0.2, 0.25) is 0 Å². The highest BCUT2D eigenvalue weighted by Gasteiger charge is 2.30. The Balaban J connectivity index is 1.51. The number of piperazine rings is 1. The van der Waals surface area contributed by atoms with Crippen molar-refractivity contribution in [2.75, 3.05) is 38.5 Å². The lowest BCUT2D eigenvalue weighted by atomic mass is 9.99. The van der Waals surface area contributed by atoms with E-state index in [2.05, 4.69) is 4.90 Å². The van der Waals surface area contributed by atoms with Gasteiger partial charge in [0.1, 0.15) is 5.75 Å². The predicted molar refractivity (Wildman–Crippen MR) is 82.1 cm³/mol. The van der Waals surface area contributed by atoms with E-state index in [-0.39, 0.29) is 12.5 Å². The Morgan fingerprint density at radius 1 is 1.29 bits per heavy atom. The molecule has 114 valence electrons. The summed E-state index contributed by atoms with van der Waals surface area (Å²) in [6, 6.07) is 7.74. The number of ether oxygens (including phenoxy) is 1. The molecule has 1 aromatic carbocycles. The maximum absolute atomic E-state index is 12.3. The van der Waals surface area contributed by atoms with E-state index in [0.29, 0.717) is 17.5 Å². The lowest BCUT2D eigenvalue weighted by molar-refractivity contribution is -0.136. The number of piperidine rings is 1. The molecule has 2 N–H and O–H groups in total. The van der Waals surface area contributed by atoms with Gasteiger partial charge in [0.05, 0.1) is 0 Å². The second-order valence-corrected chi connectivity index (χ2v) is 5.89. The van der Waals surface area contributed by atoms with Crippen LogP contribution in [0.5, 0.6) is 5.75 Å². The van der Waals surface area contributed by atoms with Gasteiger partial charge in [-0.3, -0.25) is 9.69 Å². The van der Waals surface area contributed by atoms with Gasteiger partial charge in [-0.05, 0) is 31.5 Å². The Morgan fingerprint density at radius 2 is 2.19 bits per heavy atom. The van der Waals surface area contributed by atoms with E-state index in [4.69, 9.17) is 10.5 Å². The topological polar surface area (TPSA) is 58.8 Å². The van der Waals surface area contributed by atoms with Gasteiger partial charge in [0, 0.05) is 37.4 Å². The number of nitrogen functional groups attached to an aromatic ring is 1. The van der Waals surface area contributed by atoms with Crippen LogP contribution in [0.25, 0.3) is 0 Å². The molecule has 1 amide bonds. The summed E-state index contributed by atoms with van der Waals surface area (Å²) < 4.78 is 5.55. The molecule has 0 spiro atoms. The van der Waals surface area contributed by atoms with Crippen LogP contribution in [0.15, 0.2) is 24.3 Å². The minimum Gasteiger partial charge on any atom is -0.484 e. The second-order valence-electron chi connectivity index (χ2n) is 5.89. The van der Waals surface area contributed by atoms with Crippen molar-refractivity contribution >= 4 is 11.6 Å². The fourth-order valence-electron chi connectivity index (χ4n) is 3.22. The average Bonchev–Trinajstić information content (AvgIpc) is 2.52. The molecule has 0 aliphatic carbocycles. The molecule has 1 atom stereocenters. The fourth-order valence-corrected chi connectivity index (χ4v) is 3.22. The Bertz CT molecular complexity index is 506. The number of hydrogen-bond donors (Lipinski definition) is 1. The molecule has 0 radical (unpaired) electrons. The van der Waals surface area contributed by atoms with E-state index in [1.807, 2.05) is 17.0 Å². The van der Waals surface area contributed by atoms with Gasteiger partial charge in [0.2, 0.25) is 0 Å². The zero-order valence-corrected chi connectivity index (χ0v) is 12.3. The quantitative estimate of drug-likeness (QED) is 0.853. The van der Waals surface area contributed by atoms with Gasteiger partial charge in [0.15, 0.2) is 6.61 Å². The first-order valence-corrected chi connectivity index (χ1v) is 7.72. The number of nitrogens with zero attached hydrogens (tertiary/aromatic N) is 2. The minimum atomic E-state index is 0.0719. The third kappa shape index (κ3) is 3.47. The van der Waals surface area contributed by atoms with Gasteiger partial charge in [-0.25, -0.2) is 0 Å². The molecule has 2 aliphatic rings. The number of fused-ring (bicyclic) bond motifs is 1. The number of hydrogen-bond acceptors (Lipinski definition) is 4. The van der Waals surface area contributed by atoms with Gasteiger partial charge in [-0.15, -0.1) is 0 Å². The van der Waals surface area contributed by atoms with Crippen molar-refractivity contribution in [3.05, 3.63) is 24.3 Å². The van der Waals surface area contributed by atoms with Gasteiger partial charge in [0.25, 0.3) is 5.91 Å². The maximum atomic E-state index is 12.3. The van der Waals surface area contributed by atoms with Crippen molar-refractivity contribution in [3.8, 4) is 5.75 Å². The van der Waals surface area contributed by atoms with Crippen molar-refractivity contribution in [3.63, 3.8) is 0 Å². The Kier molecular flexibility index (Phi) is 4.29. The molecule has 1 aromatic rings. The van der Waals surface area contributed by atoms with Crippen LogP contribution >= 0.6 is 0 Å². The molecule has 0 bridgehead atoms. The van der Waals surface area contributed by atoms with E-state index in [9.17, 15) is 4.79 Å². The van der Waals surface area contributed by atoms with Crippen LogP contribution in [-0.4, -0.2) is 54.5 Å². The van der Waals surface area contributed by atoms with E-state index in [0.717, 1.165) is 19.6 Å². The molecule has 2 fully saturated rings. The third-order valence-electron chi connectivity index (χ3n) is 4.41. The highest BCUT2D eigenvalue weighted by molar-refractivity contribution is 5.78. The number of carbonyl (C=O) groups is 1. The molecular weight excluding hydrogens is 266 g/mol. The van der Waals surface area contributed by atoms with E-state index < -0.39 is 0 Å². The summed E-state index contributed by atoms with van der Waals surface area (Å²) >= 11 is 0. The Morgan fingerprint density at radius 3 is 3.05 bits per heavy atom. The number of carbonyl (C=O) groups excluding carboxylic acids is 1. The lowest BCUT2D eigenvalue weighted by Crippen LogP contribution is -2.56. The van der Waals surface area contributed by atoms with Crippen LogP contribution < -0.4 is 10.5 Å². The summed E-state index contributed by atoms with van der Waals surface area (Å²) in [4.78, 5) is 16.7. The van der Waals surface area contributed by atoms with Crippen molar-refractivity contribution in [2.45, 2.75) is 25.3 Å². The zero-order chi connectivity index (χ0) is 14.7. The lowest BCUT2D eigenvalue weighted by Gasteiger charge is -2.43. The third-order valence-corrected chi connectivity index (χ3v) is 4.41. The van der Waals surface area contributed by atoms with E-state index in [1.165, 1.54) is 25.8 Å². The van der Waals surface area contributed by atoms with Crippen LogP contribution in [0.1, 0.15) is 19.3 Å². The molecule has 21 heavy (non-hydrogen) atoms. The van der Waals surface area contributed by atoms with Crippen molar-refractivity contribution in [1.82, 2.24) is 9.80 Å².